The highest BCUT2D eigenvalue weighted by Crippen LogP contribution is 2.36. The van der Waals surface area contributed by atoms with Crippen molar-refractivity contribution in [2.24, 2.45) is 10.9 Å². The van der Waals surface area contributed by atoms with Gasteiger partial charge in [0.25, 0.3) is 0 Å². The number of benzene rings is 2. The minimum Gasteiger partial charge on any atom is -0.353 e. The molecule has 1 aromatic heterocycles. The van der Waals surface area contributed by atoms with E-state index in [2.05, 4.69) is 60.3 Å². The maximum Gasteiger partial charge on any atom is 0.0810 e. The van der Waals surface area contributed by atoms with E-state index >= 15 is 0 Å². The third-order valence-electron chi connectivity index (χ3n) is 3.99. The number of nitrogens with zero attached hydrogens (tertiary/aromatic N) is 1. The van der Waals surface area contributed by atoms with Gasteiger partial charge in [-0.3, -0.25) is 0 Å². The van der Waals surface area contributed by atoms with Gasteiger partial charge in [-0.1, -0.05) is 42.5 Å². The predicted molar refractivity (Wildman–Crippen MR) is 89.6 cm³/mol. The number of aromatic amines is 1. The summed E-state index contributed by atoms with van der Waals surface area (Å²) in [6, 6.07) is 14.7. The molecule has 0 amide bonds. The normalized spacial score (nSPS) is 12.0. The van der Waals surface area contributed by atoms with Gasteiger partial charge in [0.2, 0.25) is 0 Å². The second-order valence-corrected chi connectivity index (χ2v) is 5.40. The third kappa shape index (κ3) is 2.11. The Kier molecular flexibility index (Phi) is 3.26. The quantitative estimate of drug-likeness (QED) is 0.413. The van der Waals surface area contributed by atoms with E-state index in [1.807, 2.05) is 13.0 Å². The van der Waals surface area contributed by atoms with Crippen molar-refractivity contribution < 1.29 is 0 Å². The molecule has 0 saturated carbocycles. The van der Waals surface area contributed by atoms with Crippen LogP contribution in [0.1, 0.15) is 23.7 Å². The summed E-state index contributed by atoms with van der Waals surface area (Å²) in [5, 5.41) is 5.13. The molecule has 0 fully saturated rings. The molecule has 2 aromatic carbocycles. The Labute approximate surface area is 124 Å². The van der Waals surface area contributed by atoms with Crippen LogP contribution in [-0.2, 0) is 0 Å². The molecule has 3 heteroatoms. The van der Waals surface area contributed by atoms with Crippen LogP contribution in [0.2, 0.25) is 0 Å². The van der Waals surface area contributed by atoms with E-state index in [0.29, 0.717) is 0 Å². The second kappa shape index (κ2) is 5.09. The van der Waals surface area contributed by atoms with Crippen LogP contribution in [0.5, 0.6) is 0 Å². The van der Waals surface area contributed by atoms with Crippen molar-refractivity contribution in [3.8, 4) is 11.1 Å². The molecule has 21 heavy (non-hydrogen) atoms. The van der Waals surface area contributed by atoms with Gasteiger partial charge < -0.3 is 10.8 Å². The first-order chi connectivity index (χ1) is 10.1. The zero-order valence-corrected chi connectivity index (χ0v) is 12.6. The Hall–Kier alpha value is -2.55. The second-order valence-electron chi connectivity index (χ2n) is 5.40. The number of aromatic nitrogens is 1. The number of hydrogen-bond acceptors (Lipinski definition) is 2. The first kappa shape index (κ1) is 13.4. The predicted octanol–water partition coefficient (Wildman–Crippen LogP) is 4.13. The number of nitrogens with one attached hydrogen (secondary N) is 1. The maximum atomic E-state index is 5.52. The topological polar surface area (TPSA) is 54.2 Å². The lowest BCUT2D eigenvalue weighted by atomic mass is 9.96. The molecule has 0 aliphatic heterocycles. The molecule has 106 valence electrons. The molecule has 0 spiro atoms. The van der Waals surface area contributed by atoms with Crippen LogP contribution >= 0.6 is 0 Å². The average Bonchev–Trinajstić information content (AvgIpc) is 2.93. The van der Waals surface area contributed by atoms with Gasteiger partial charge in [-0.15, -0.1) is 0 Å². The standard InChI is InChI=1S/C18H19N3/c1-11-9-10-12(2)17-15(11)16(14-7-5-4-6-8-14)18(20-17)13(3)21-19/h4-10,20H,19H2,1-3H3/b21-13+. The minimum atomic E-state index is 0.809. The molecular weight excluding hydrogens is 258 g/mol. The lowest BCUT2D eigenvalue weighted by Gasteiger charge is -2.06. The van der Waals surface area contributed by atoms with Crippen molar-refractivity contribution >= 4 is 16.6 Å². The Bertz CT molecular complexity index is 827. The molecular formula is C18H19N3. The van der Waals surface area contributed by atoms with Crippen molar-refractivity contribution in [1.82, 2.24) is 4.98 Å². The molecule has 0 unspecified atom stereocenters. The van der Waals surface area contributed by atoms with Crippen LogP contribution in [0.15, 0.2) is 47.6 Å². The fourth-order valence-electron chi connectivity index (χ4n) is 2.84. The molecule has 0 radical (unpaired) electrons. The number of rotatable bonds is 2. The first-order valence-electron chi connectivity index (χ1n) is 7.05. The van der Waals surface area contributed by atoms with Crippen LogP contribution in [-0.4, -0.2) is 10.7 Å². The molecule has 3 nitrogen and oxygen atoms in total. The monoisotopic (exact) mass is 277 g/mol. The summed E-state index contributed by atoms with van der Waals surface area (Å²) in [4.78, 5) is 3.51. The fourth-order valence-corrected chi connectivity index (χ4v) is 2.84. The van der Waals surface area contributed by atoms with E-state index < -0.39 is 0 Å². The molecule has 3 N–H and O–H groups in total. The van der Waals surface area contributed by atoms with Crippen molar-refractivity contribution in [2.75, 3.05) is 0 Å². The van der Waals surface area contributed by atoms with Crippen LogP contribution in [0, 0.1) is 13.8 Å². The highest BCUT2D eigenvalue weighted by Gasteiger charge is 2.17. The molecule has 3 aromatic rings. The number of hydrogen-bond donors (Lipinski definition) is 2. The van der Waals surface area contributed by atoms with Crippen molar-refractivity contribution in [2.45, 2.75) is 20.8 Å². The van der Waals surface area contributed by atoms with Gasteiger partial charge in [-0.05, 0) is 37.5 Å². The summed E-state index contributed by atoms with van der Waals surface area (Å²) in [6.45, 7) is 6.19. The van der Waals surface area contributed by atoms with E-state index in [0.717, 1.165) is 16.9 Å². The van der Waals surface area contributed by atoms with E-state index in [-0.39, 0.29) is 0 Å². The van der Waals surface area contributed by atoms with E-state index in [9.17, 15) is 0 Å². The van der Waals surface area contributed by atoms with Crippen molar-refractivity contribution in [3.05, 3.63) is 59.3 Å². The minimum absolute atomic E-state index is 0.809. The van der Waals surface area contributed by atoms with E-state index in [1.165, 1.54) is 27.6 Å². The van der Waals surface area contributed by atoms with Crippen LogP contribution < -0.4 is 5.84 Å². The zero-order chi connectivity index (χ0) is 15.0. The average molecular weight is 277 g/mol. The molecule has 0 saturated heterocycles. The summed E-state index contributed by atoms with van der Waals surface area (Å²) in [6.07, 6.45) is 0. The molecule has 0 aliphatic carbocycles. The third-order valence-corrected chi connectivity index (χ3v) is 3.99. The largest absolute Gasteiger partial charge is 0.353 e. The van der Waals surface area contributed by atoms with Crippen LogP contribution in [0.4, 0.5) is 0 Å². The number of aryl methyl sites for hydroxylation is 2. The van der Waals surface area contributed by atoms with Crippen molar-refractivity contribution in [3.63, 3.8) is 0 Å². The zero-order valence-electron chi connectivity index (χ0n) is 12.6. The SMILES string of the molecule is C/C(=N\N)c1[nH]c2c(C)ccc(C)c2c1-c1ccccc1. The van der Waals surface area contributed by atoms with Gasteiger partial charge in [-0.25, -0.2) is 0 Å². The van der Waals surface area contributed by atoms with E-state index in [4.69, 9.17) is 5.84 Å². The van der Waals surface area contributed by atoms with Gasteiger partial charge in [-0.2, -0.15) is 5.10 Å². The Morgan fingerprint density at radius 1 is 1.00 bits per heavy atom. The maximum absolute atomic E-state index is 5.52. The number of H-pyrrole nitrogens is 1. The van der Waals surface area contributed by atoms with Gasteiger partial charge in [0.05, 0.1) is 11.4 Å². The summed E-state index contributed by atoms with van der Waals surface area (Å²) in [5.74, 6) is 5.52. The summed E-state index contributed by atoms with van der Waals surface area (Å²) >= 11 is 0. The van der Waals surface area contributed by atoms with Gasteiger partial charge >= 0.3 is 0 Å². The summed E-state index contributed by atoms with van der Waals surface area (Å²) in [7, 11) is 0. The van der Waals surface area contributed by atoms with Gasteiger partial charge in [0, 0.05) is 16.5 Å². The Morgan fingerprint density at radius 2 is 1.67 bits per heavy atom. The molecule has 3 rings (SSSR count). The lowest BCUT2D eigenvalue weighted by molar-refractivity contribution is 1.22. The molecule has 1 heterocycles. The summed E-state index contributed by atoms with van der Waals surface area (Å²) < 4.78 is 0. The Morgan fingerprint density at radius 3 is 2.33 bits per heavy atom. The van der Waals surface area contributed by atoms with Crippen molar-refractivity contribution in [1.29, 1.82) is 0 Å². The van der Waals surface area contributed by atoms with Gasteiger partial charge in [0.1, 0.15) is 0 Å². The van der Waals surface area contributed by atoms with Gasteiger partial charge in [0.15, 0.2) is 0 Å². The number of fused-ring (bicyclic) bond motifs is 1. The molecule has 0 bridgehead atoms. The number of hydrazone groups is 1. The Balaban J connectivity index is 2.47. The highest BCUT2D eigenvalue weighted by molar-refractivity contribution is 6.13. The van der Waals surface area contributed by atoms with Crippen LogP contribution in [0.3, 0.4) is 0 Å². The molecule has 0 atom stereocenters. The lowest BCUT2D eigenvalue weighted by Crippen LogP contribution is -2.01. The highest BCUT2D eigenvalue weighted by atomic mass is 15.1. The van der Waals surface area contributed by atoms with Crippen LogP contribution in [0.25, 0.3) is 22.0 Å². The smallest absolute Gasteiger partial charge is 0.0810 e. The van der Waals surface area contributed by atoms with E-state index in [1.54, 1.807) is 0 Å². The fraction of sp³-hybridized carbons (Fsp3) is 0.167. The molecule has 0 aliphatic rings. The number of nitrogens with two attached hydrogens (primary N) is 1. The first-order valence-corrected chi connectivity index (χ1v) is 7.05. The summed E-state index contributed by atoms with van der Waals surface area (Å²) in [5.41, 5.74) is 7.80.